The van der Waals surface area contributed by atoms with Crippen LogP contribution in [0.1, 0.15) is 26.2 Å². The summed E-state index contributed by atoms with van der Waals surface area (Å²) >= 11 is 0. The molecule has 0 spiro atoms. The van der Waals surface area contributed by atoms with Crippen molar-refractivity contribution in [3.8, 4) is 0 Å². The van der Waals surface area contributed by atoms with Crippen LogP contribution in [-0.4, -0.2) is 57.9 Å². The molecule has 0 aromatic heterocycles. The first-order valence-corrected chi connectivity index (χ1v) is 10.1. The summed E-state index contributed by atoms with van der Waals surface area (Å²) in [7, 11) is -2.45. The van der Waals surface area contributed by atoms with Crippen molar-refractivity contribution in [3.05, 3.63) is 30.1 Å². The van der Waals surface area contributed by atoms with Crippen LogP contribution >= 0.6 is 0 Å². The van der Waals surface area contributed by atoms with Gasteiger partial charge in [0.2, 0.25) is 15.9 Å². The zero-order valence-electron chi connectivity index (χ0n) is 14.8. The summed E-state index contributed by atoms with van der Waals surface area (Å²) in [6.45, 7) is 5.13. The smallest absolute Gasteiger partial charge is 0.243 e. The second kappa shape index (κ2) is 8.73. The molecular weight excluding hydrogens is 345 g/mol. The summed E-state index contributed by atoms with van der Waals surface area (Å²) in [4.78, 5) is 13.7. The minimum Gasteiger partial charge on any atom is -0.352 e. The van der Waals surface area contributed by atoms with Crippen LogP contribution in [0.4, 0.5) is 4.39 Å². The monoisotopic (exact) mass is 372 g/mol. The molecule has 0 radical (unpaired) electrons. The molecule has 0 saturated carbocycles. The number of piperidine rings is 1. The van der Waals surface area contributed by atoms with Gasteiger partial charge in [0.05, 0.1) is 31.1 Å². The van der Waals surface area contributed by atoms with E-state index in [4.69, 9.17) is 0 Å². The highest BCUT2D eigenvalue weighted by molar-refractivity contribution is 7.89. The maximum atomic E-state index is 12.9. The van der Waals surface area contributed by atoms with Crippen molar-refractivity contribution in [2.45, 2.75) is 37.1 Å². The zero-order chi connectivity index (χ0) is 18.4. The lowest BCUT2D eigenvalue weighted by molar-refractivity contribution is -0.905. The number of quaternary nitrogens is 1. The standard InChI is InChI=1S/C17H26FN3O3S/c1-3-10-21-11-8-15(9-12-21)19-17(22)13-20(2)25(23,24)16-6-4-14(18)5-7-16/h4-7,15H,3,8-13H2,1-2H3,(H,19,22)/p+1. The summed E-state index contributed by atoms with van der Waals surface area (Å²) in [5.41, 5.74) is 0. The van der Waals surface area contributed by atoms with Gasteiger partial charge in [-0.2, -0.15) is 4.31 Å². The highest BCUT2D eigenvalue weighted by atomic mass is 32.2. The van der Waals surface area contributed by atoms with Gasteiger partial charge in [0.25, 0.3) is 0 Å². The Balaban J connectivity index is 1.86. The van der Waals surface area contributed by atoms with E-state index in [1.807, 2.05) is 0 Å². The Bertz CT molecular complexity index is 671. The van der Waals surface area contributed by atoms with Crippen LogP contribution in [0.15, 0.2) is 29.2 Å². The Labute approximate surface area is 149 Å². The fourth-order valence-electron chi connectivity index (χ4n) is 3.12. The largest absolute Gasteiger partial charge is 0.352 e. The van der Waals surface area contributed by atoms with E-state index < -0.39 is 15.8 Å². The lowest BCUT2D eigenvalue weighted by Gasteiger charge is -2.30. The second-order valence-corrected chi connectivity index (χ2v) is 8.60. The highest BCUT2D eigenvalue weighted by Crippen LogP contribution is 2.14. The lowest BCUT2D eigenvalue weighted by Crippen LogP contribution is -3.13. The van der Waals surface area contributed by atoms with Crippen LogP contribution in [0.3, 0.4) is 0 Å². The molecule has 1 aromatic rings. The van der Waals surface area contributed by atoms with Gasteiger partial charge in [-0.15, -0.1) is 0 Å². The number of benzene rings is 1. The number of likely N-dealkylation sites (tertiary alicyclic amines) is 1. The summed E-state index contributed by atoms with van der Waals surface area (Å²) in [5.74, 6) is -0.812. The molecule has 1 saturated heterocycles. The van der Waals surface area contributed by atoms with Crippen LogP contribution in [-0.2, 0) is 14.8 Å². The molecule has 140 valence electrons. The third kappa shape index (κ3) is 5.49. The highest BCUT2D eigenvalue weighted by Gasteiger charge is 2.26. The Morgan fingerprint density at radius 2 is 1.88 bits per heavy atom. The average Bonchev–Trinajstić information content (AvgIpc) is 2.57. The Hall–Kier alpha value is -1.51. The van der Waals surface area contributed by atoms with Gasteiger partial charge in [0.15, 0.2) is 0 Å². The number of hydrogen-bond acceptors (Lipinski definition) is 3. The van der Waals surface area contributed by atoms with E-state index in [0.29, 0.717) is 0 Å². The topological polar surface area (TPSA) is 70.9 Å². The molecule has 0 atom stereocenters. The molecular formula is C17H27FN3O3S+. The van der Waals surface area contributed by atoms with Gasteiger partial charge in [-0.3, -0.25) is 4.79 Å². The summed E-state index contributed by atoms with van der Waals surface area (Å²) in [6.07, 6.45) is 2.98. The van der Waals surface area contributed by atoms with Crippen LogP contribution < -0.4 is 10.2 Å². The molecule has 0 bridgehead atoms. The number of carbonyl (C=O) groups excluding carboxylic acids is 1. The molecule has 1 aliphatic heterocycles. The summed E-state index contributed by atoms with van der Waals surface area (Å²) < 4.78 is 38.8. The number of likely N-dealkylation sites (N-methyl/N-ethyl adjacent to an activating group) is 1. The fourth-order valence-corrected chi connectivity index (χ4v) is 4.25. The molecule has 6 nitrogen and oxygen atoms in total. The van der Waals surface area contributed by atoms with Crippen LogP contribution in [0.25, 0.3) is 0 Å². The van der Waals surface area contributed by atoms with E-state index in [9.17, 15) is 17.6 Å². The van der Waals surface area contributed by atoms with Crippen molar-refractivity contribution in [1.29, 1.82) is 0 Å². The molecule has 1 fully saturated rings. The van der Waals surface area contributed by atoms with E-state index in [-0.39, 0.29) is 23.4 Å². The zero-order valence-corrected chi connectivity index (χ0v) is 15.6. The molecule has 0 aliphatic carbocycles. The molecule has 8 heteroatoms. The Morgan fingerprint density at radius 1 is 1.28 bits per heavy atom. The van der Waals surface area contributed by atoms with E-state index in [2.05, 4.69) is 12.2 Å². The molecule has 2 N–H and O–H groups in total. The number of nitrogens with one attached hydrogen (secondary N) is 2. The van der Waals surface area contributed by atoms with Gasteiger partial charge in [-0.25, -0.2) is 12.8 Å². The average molecular weight is 372 g/mol. The minimum absolute atomic E-state index is 0.0272. The quantitative estimate of drug-likeness (QED) is 0.709. The minimum atomic E-state index is -3.81. The van der Waals surface area contributed by atoms with Crippen LogP contribution in [0.2, 0.25) is 0 Å². The van der Waals surface area contributed by atoms with Crippen molar-refractivity contribution in [2.75, 3.05) is 33.2 Å². The first-order valence-electron chi connectivity index (χ1n) is 8.67. The van der Waals surface area contributed by atoms with E-state index in [1.165, 1.54) is 19.2 Å². The first kappa shape index (κ1) is 19.8. The third-order valence-electron chi connectivity index (χ3n) is 4.55. The Morgan fingerprint density at radius 3 is 2.44 bits per heavy atom. The molecule has 25 heavy (non-hydrogen) atoms. The third-order valence-corrected chi connectivity index (χ3v) is 6.37. The lowest BCUT2D eigenvalue weighted by atomic mass is 10.0. The van der Waals surface area contributed by atoms with Crippen molar-refractivity contribution >= 4 is 15.9 Å². The molecule has 1 heterocycles. The number of hydrogen-bond donors (Lipinski definition) is 2. The summed E-state index contributed by atoms with van der Waals surface area (Å²) in [5, 5.41) is 2.93. The van der Waals surface area contributed by atoms with E-state index in [0.717, 1.165) is 55.3 Å². The normalized spacial score (nSPS) is 21.3. The van der Waals surface area contributed by atoms with E-state index >= 15 is 0 Å². The molecule has 1 amide bonds. The molecule has 1 aliphatic rings. The maximum absolute atomic E-state index is 12.9. The van der Waals surface area contributed by atoms with Crippen molar-refractivity contribution in [1.82, 2.24) is 9.62 Å². The van der Waals surface area contributed by atoms with Crippen molar-refractivity contribution in [3.63, 3.8) is 0 Å². The fraction of sp³-hybridized carbons (Fsp3) is 0.588. The number of nitrogens with zero attached hydrogens (tertiary/aromatic N) is 1. The predicted molar refractivity (Wildman–Crippen MR) is 93.2 cm³/mol. The first-order chi connectivity index (χ1) is 11.8. The summed E-state index contributed by atoms with van der Waals surface area (Å²) in [6, 6.07) is 4.69. The predicted octanol–water partition coefficient (Wildman–Crippen LogP) is 0.0197. The van der Waals surface area contributed by atoms with Gasteiger partial charge < -0.3 is 10.2 Å². The van der Waals surface area contributed by atoms with E-state index in [1.54, 1.807) is 4.90 Å². The van der Waals surface area contributed by atoms with Gasteiger partial charge in [-0.1, -0.05) is 6.92 Å². The van der Waals surface area contributed by atoms with Gasteiger partial charge >= 0.3 is 0 Å². The maximum Gasteiger partial charge on any atom is 0.243 e. The molecule has 1 aromatic carbocycles. The van der Waals surface area contributed by atoms with Crippen molar-refractivity contribution < 1.29 is 22.5 Å². The van der Waals surface area contributed by atoms with Crippen LogP contribution in [0.5, 0.6) is 0 Å². The Kier molecular flexibility index (Phi) is 6.92. The number of halogens is 1. The van der Waals surface area contributed by atoms with Gasteiger partial charge in [0, 0.05) is 25.9 Å². The van der Waals surface area contributed by atoms with Gasteiger partial charge in [-0.05, 0) is 30.7 Å². The number of rotatable bonds is 7. The van der Waals surface area contributed by atoms with Crippen molar-refractivity contribution in [2.24, 2.45) is 0 Å². The van der Waals surface area contributed by atoms with Gasteiger partial charge in [0.1, 0.15) is 5.82 Å². The SMILES string of the molecule is CCC[NH+]1CCC(NC(=O)CN(C)S(=O)(=O)c2ccc(F)cc2)CC1. The number of amides is 1. The molecule has 0 unspecified atom stereocenters. The number of sulfonamides is 1. The molecule has 2 rings (SSSR count). The van der Waals surface area contributed by atoms with Crippen LogP contribution in [0, 0.1) is 5.82 Å². The second-order valence-electron chi connectivity index (χ2n) is 6.56. The number of carbonyl (C=O) groups is 1.